The van der Waals surface area contributed by atoms with Crippen molar-refractivity contribution >= 4 is 21.8 Å². The largest absolute Gasteiger partial charge is 0.673 e. The molecule has 0 saturated heterocycles. The Hall–Kier alpha value is -0.565. The number of halogens is 4. The van der Waals surface area contributed by atoms with Crippen LogP contribution in [0, 0.1) is 6.92 Å². The third-order valence-electron chi connectivity index (χ3n) is 1.12. The minimum Gasteiger partial charge on any atom is -0.418 e. The molecule has 0 aliphatic heterocycles. The molecular weight excluding hydrogens is 202 g/mol. The van der Waals surface area contributed by atoms with Crippen molar-refractivity contribution in [3.8, 4) is 0 Å². The van der Waals surface area contributed by atoms with Crippen LogP contribution in [0.3, 0.4) is 0 Å². The average molecular weight is 212 g/mol. The van der Waals surface area contributed by atoms with Gasteiger partial charge in [0.05, 0.1) is 5.30 Å². The van der Waals surface area contributed by atoms with Gasteiger partial charge in [-0.15, -0.1) is 0 Å². The number of hydrogen-bond acceptors (Lipinski definition) is 0. The van der Waals surface area contributed by atoms with E-state index in [1.165, 1.54) is 10.9 Å². The molecule has 1 atom stereocenters. The van der Waals surface area contributed by atoms with Gasteiger partial charge in [-0.05, 0) is 19.1 Å². The van der Waals surface area contributed by atoms with Crippen molar-refractivity contribution in [3.63, 3.8) is 0 Å². The summed E-state index contributed by atoms with van der Waals surface area (Å²) in [4.78, 5) is 0. The normalized spacial score (nSPS) is 10.5. The van der Waals surface area contributed by atoms with Gasteiger partial charge in [-0.1, -0.05) is 17.7 Å². The summed E-state index contributed by atoms with van der Waals surface area (Å²) in [5, 5.41) is 1.36. The van der Waals surface area contributed by atoms with Crippen LogP contribution in [0.1, 0.15) is 5.56 Å². The first-order valence-corrected chi connectivity index (χ1v) is 4.25. The van der Waals surface area contributed by atoms with Crippen LogP contribution >= 0.6 is 9.24 Å². The molecule has 0 spiro atoms. The number of benzene rings is 1. The van der Waals surface area contributed by atoms with Gasteiger partial charge in [0.2, 0.25) is 0 Å². The second kappa shape index (κ2) is 5.23. The van der Waals surface area contributed by atoms with E-state index in [-0.39, 0.29) is 0 Å². The van der Waals surface area contributed by atoms with E-state index in [1.807, 2.05) is 9.24 Å². The molecule has 0 aliphatic rings. The van der Waals surface area contributed by atoms with Crippen LogP contribution in [0.15, 0.2) is 24.3 Å². The van der Waals surface area contributed by atoms with E-state index in [1.54, 1.807) is 0 Å². The van der Waals surface area contributed by atoms with Crippen LogP contribution in [0.4, 0.5) is 17.3 Å². The summed E-state index contributed by atoms with van der Waals surface area (Å²) in [5.41, 5.74) is 1.33. The quantitative estimate of drug-likeness (QED) is 0.352. The fraction of sp³-hybridized carbons (Fsp3) is 0.143. The highest BCUT2D eigenvalue weighted by Gasteiger charge is 2.20. The zero-order valence-electron chi connectivity index (χ0n) is 7.11. The molecule has 0 fully saturated rings. The Kier molecular flexibility index (Phi) is 5.00. The number of rotatable bonds is 0. The maximum absolute atomic E-state index is 9.75. The molecule has 74 valence electrons. The maximum Gasteiger partial charge on any atom is 0.673 e. The summed E-state index contributed by atoms with van der Waals surface area (Å²) < 4.78 is 39.0. The zero-order chi connectivity index (χ0) is 10.5. The van der Waals surface area contributed by atoms with Crippen molar-refractivity contribution < 1.29 is 17.3 Å². The smallest absolute Gasteiger partial charge is 0.418 e. The Morgan fingerprint density at radius 2 is 1.31 bits per heavy atom. The summed E-state index contributed by atoms with van der Waals surface area (Å²) in [7, 11) is -4.09. The van der Waals surface area contributed by atoms with E-state index in [9.17, 15) is 17.3 Å². The van der Waals surface area contributed by atoms with Gasteiger partial charge >= 0.3 is 7.25 Å². The minimum absolute atomic E-state index is 1.33. The third-order valence-corrected chi connectivity index (χ3v) is 1.59. The van der Waals surface area contributed by atoms with Crippen LogP contribution in [-0.4, -0.2) is 7.25 Å². The van der Waals surface area contributed by atoms with E-state index < -0.39 is 7.25 Å². The topological polar surface area (TPSA) is 0 Å². The highest BCUT2D eigenvalue weighted by molar-refractivity contribution is 7.27. The molecule has 0 amide bonds. The van der Waals surface area contributed by atoms with Crippen molar-refractivity contribution in [3.05, 3.63) is 29.8 Å². The fourth-order valence-corrected chi connectivity index (χ4v) is 0.824. The minimum atomic E-state index is -6.00. The highest BCUT2D eigenvalue weighted by Crippen LogP contribution is 2.06. The van der Waals surface area contributed by atoms with E-state index in [0.29, 0.717) is 0 Å². The molecule has 1 aromatic carbocycles. The monoisotopic (exact) mass is 212 g/mol. The summed E-state index contributed by atoms with van der Waals surface area (Å²) in [6.45, 7) is 2.10. The maximum atomic E-state index is 9.75. The lowest BCUT2D eigenvalue weighted by molar-refractivity contribution is 0.368. The second-order valence-corrected chi connectivity index (χ2v) is 3.30. The average Bonchev–Trinajstić information content (AvgIpc) is 1.92. The van der Waals surface area contributed by atoms with Gasteiger partial charge in [-0.2, -0.15) is 0 Å². The van der Waals surface area contributed by atoms with Gasteiger partial charge < -0.3 is 17.3 Å². The van der Waals surface area contributed by atoms with E-state index in [4.69, 9.17) is 0 Å². The number of aryl methyl sites for hydroxylation is 1. The fourth-order valence-electron chi connectivity index (χ4n) is 0.588. The molecule has 0 aliphatic carbocycles. The van der Waals surface area contributed by atoms with Gasteiger partial charge in [-0.3, -0.25) is 0 Å². The van der Waals surface area contributed by atoms with Crippen molar-refractivity contribution in [2.45, 2.75) is 6.92 Å². The van der Waals surface area contributed by atoms with Gasteiger partial charge in [0.1, 0.15) is 0 Å². The predicted molar refractivity (Wildman–Crippen MR) is 52.1 cm³/mol. The van der Waals surface area contributed by atoms with Gasteiger partial charge in [0.15, 0.2) is 0 Å². The lowest BCUT2D eigenvalue weighted by Crippen LogP contribution is -2.02. The second-order valence-electron chi connectivity index (χ2n) is 2.48. The van der Waals surface area contributed by atoms with Crippen molar-refractivity contribution in [2.24, 2.45) is 0 Å². The van der Waals surface area contributed by atoms with Gasteiger partial charge in [0.25, 0.3) is 0 Å². The molecule has 0 heterocycles. The molecule has 0 radical (unpaired) electrons. The van der Waals surface area contributed by atoms with Crippen LogP contribution in [0.2, 0.25) is 0 Å². The highest BCUT2D eigenvalue weighted by atomic mass is 31.0. The van der Waals surface area contributed by atoms with E-state index in [0.717, 1.165) is 0 Å². The Morgan fingerprint density at radius 3 is 1.54 bits per heavy atom. The molecule has 0 aromatic heterocycles. The summed E-state index contributed by atoms with van der Waals surface area (Å²) in [6, 6.07) is 8.52. The van der Waals surface area contributed by atoms with E-state index in [2.05, 4.69) is 31.2 Å². The molecule has 13 heavy (non-hydrogen) atoms. The van der Waals surface area contributed by atoms with Crippen LogP contribution in [0.5, 0.6) is 0 Å². The summed E-state index contributed by atoms with van der Waals surface area (Å²) >= 11 is 0. The Morgan fingerprint density at radius 1 is 1.00 bits per heavy atom. The van der Waals surface area contributed by atoms with Gasteiger partial charge in [0, 0.05) is 9.24 Å². The molecule has 0 N–H and O–H groups in total. The molecule has 1 aromatic rings. The lowest BCUT2D eigenvalue weighted by Gasteiger charge is -1.94. The summed E-state index contributed by atoms with van der Waals surface area (Å²) in [6.07, 6.45) is 0. The van der Waals surface area contributed by atoms with Gasteiger partial charge in [-0.25, -0.2) is 0 Å². The van der Waals surface area contributed by atoms with Crippen molar-refractivity contribution in [1.82, 2.24) is 0 Å². The standard InChI is InChI=1S/C7H9P.BF4/c1-6-2-4-7(8)5-3-6;2-1(3,4)5/h2-5H,8H2,1H3;/q;-1/p+1. The first kappa shape index (κ1) is 12.4. The van der Waals surface area contributed by atoms with Crippen molar-refractivity contribution in [2.75, 3.05) is 0 Å². The van der Waals surface area contributed by atoms with Crippen molar-refractivity contribution in [1.29, 1.82) is 0 Å². The zero-order valence-corrected chi connectivity index (χ0v) is 8.52. The van der Waals surface area contributed by atoms with E-state index >= 15 is 0 Å². The first-order valence-electron chi connectivity index (χ1n) is 3.55. The third kappa shape index (κ3) is 11.4. The van der Waals surface area contributed by atoms with Crippen LogP contribution in [-0.2, 0) is 0 Å². The first-order chi connectivity index (χ1) is 5.79. The Labute approximate surface area is 76.6 Å². The lowest BCUT2D eigenvalue weighted by atomic mass is 10.2. The summed E-state index contributed by atoms with van der Waals surface area (Å²) in [5.74, 6) is 0. The molecule has 0 saturated carbocycles. The molecule has 0 bridgehead atoms. The van der Waals surface area contributed by atoms with Crippen LogP contribution in [0.25, 0.3) is 0 Å². The predicted octanol–water partition coefficient (Wildman–Crippen LogP) is 2.53. The molecule has 0 nitrogen and oxygen atoms in total. The van der Waals surface area contributed by atoms with Crippen LogP contribution < -0.4 is 5.30 Å². The molecule has 6 heteroatoms. The Balaban J connectivity index is 0.000000252. The SMILES string of the molecule is Cc1ccc([PH3+])cc1.F[B-](F)(F)F. The molecule has 1 unspecified atom stereocenters. The number of hydrogen-bond donors (Lipinski definition) is 0. The molecular formula is C7H10BF4P. The Bertz CT molecular complexity index is 217. The molecule has 1 rings (SSSR count).